The summed E-state index contributed by atoms with van der Waals surface area (Å²) in [6, 6.07) is 9.74. The fourth-order valence-electron chi connectivity index (χ4n) is 3.30. The summed E-state index contributed by atoms with van der Waals surface area (Å²) in [6.45, 7) is 5.05. The minimum atomic E-state index is -0.865. The van der Waals surface area contributed by atoms with E-state index in [1.54, 1.807) is 26.8 Å². The minimum Gasteiger partial charge on any atom is -0.466 e. The summed E-state index contributed by atoms with van der Waals surface area (Å²) in [7, 11) is 0. The van der Waals surface area contributed by atoms with Crippen molar-refractivity contribution in [2.24, 2.45) is 0 Å². The first-order valence-electron chi connectivity index (χ1n) is 8.62. The number of carbonyl (C=O) groups excluding carboxylic acids is 2. The molecular formula is C20H23NO4. The number of carbonyl (C=O) groups is 2. The van der Waals surface area contributed by atoms with Crippen molar-refractivity contribution in [1.82, 2.24) is 5.32 Å². The Balaban J connectivity index is 1.64. The number of hydrogen-bond acceptors (Lipinski definition) is 4. The Kier molecular flexibility index (Phi) is 4.93. The van der Waals surface area contributed by atoms with Gasteiger partial charge in [-0.15, -0.1) is 0 Å². The van der Waals surface area contributed by atoms with Gasteiger partial charge < -0.3 is 14.5 Å². The molecule has 132 valence electrons. The number of rotatable bonds is 4. The van der Waals surface area contributed by atoms with Crippen LogP contribution in [0.3, 0.4) is 0 Å². The largest absolute Gasteiger partial charge is 0.466 e. The highest BCUT2D eigenvalue weighted by Gasteiger charge is 2.26. The Morgan fingerprint density at radius 1 is 1.28 bits per heavy atom. The molecular weight excluding hydrogens is 318 g/mol. The Bertz CT molecular complexity index is 793. The van der Waals surface area contributed by atoms with E-state index in [4.69, 9.17) is 9.15 Å². The zero-order valence-corrected chi connectivity index (χ0v) is 14.8. The van der Waals surface area contributed by atoms with Gasteiger partial charge in [0.05, 0.1) is 6.04 Å². The molecule has 1 aliphatic carbocycles. The highest BCUT2D eigenvalue weighted by molar-refractivity contribution is 5.93. The summed E-state index contributed by atoms with van der Waals surface area (Å²) < 4.78 is 10.6. The molecule has 0 unspecified atom stereocenters. The zero-order valence-electron chi connectivity index (χ0n) is 14.8. The smallest absolute Gasteiger partial charge is 0.342 e. The molecule has 5 heteroatoms. The lowest BCUT2D eigenvalue weighted by atomic mass is 9.87. The molecule has 2 atom stereocenters. The topological polar surface area (TPSA) is 68.5 Å². The van der Waals surface area contributed by atoms with Crippen LogP contribution in [0.4, 0.5) is 0 Å². The first-order chi connectivity index (χ1) is 12.0. The third-order valence-electron chi connectivity index (χ3n) is 4.60. The van der Waals surface area contributed by atoms with E-state index in [0.29, 0.717) is 17.1 Å². The van der Waals surface area contributed by atoms with Crippen molar-refractivity contribution in [2.75, 3.05) is 0 Å². The summed E-state index contributed by atoms with van der Waals surface area (Å²) in [6.07, 6.45) is 2.09. The van der Waals surface area contributed by atoms with Gasteiger partial charge in [0.1, 0.15) is 17.1 Å². The third-order valence-corrected chi connectivity index (χ3v) is 4.60. The maximum Gasteiger partial charge on any atom is 0.342 e. The molecule has 5 nitrogen and oxygen atoms in total. The number of fused-ring (bicyclic) bond motifs is 1. The molecule has 0 saturated heterocycles. The number of esters is 1. The van der Waals surface area contributed by atoms with Crippen LogP contribution in [0.25, 0.3) is 0 Å². The first-order valence-corrected chi connectivity index (χ1v) is 8.62. The van der Waals surface area contributed by atoms with Crippen LogP contribution < -0.4 is 5.32 Å². The average molecular weight is 341 g/mol. The molecule has 1 N–H and O–H groups in total. The molecule has 0 spiro atoms. The molecule has 0 radical (unpaired) electrons. The molecule has 1 heterocycles. The van der Waals surface area contributed by atoms with Crippen molar-refractivity contribution >= 4 is 11.9 Å². The lowest BCUT2D eigenvalue weighted by molar-refractivity contribution is -0.130. The van der Waals surface area contributed by atoms with E-state index in [9.17, 15) is 9.59 Å². The summed E-state index contributed by atoms with van der Waals surface area (Å²) >= 11 is 0. The normalized spacial score (nSPS) is 17.5. The van der Waals surface area contributed by atoms with E-state index in [1.807, 2.05) is 18.2 Å². The van der Waals surface area contributed by atoms with E-state index in [0.717, 1.165) is 24.8 Å². The Hall–Kier alpha value is -2.56. The van der Waals surface area contributed by atoms with Gasteiger partial charge in [-0.3, -0.25) is 4.79 Å². The third kappa shape index (κ3) is 3.76. The highest BCUT2D eigenvalue weighted by atomic mass is 16.5. The second-order valence-electron chi connectivity index (χ2n) is 6.53. The van der Waals surface area contributed by atoms with Crippen LogP contribution in [-0.2, 0) is 16.0 Å². The number of aryl methyl sites for hydroxylation is 3. The van der Waals surface area contributed by atoms with Crippen LogP contribution in [-0.4, -0.2) is 18.0 Å². The molecule has 0 aliphatic heterocycles. The fourth-order valence-corrected chi connectivity index (χ4v) is 3.30. The van der Waals surface area contributed by atoms with Crippen LogP contribution in [0, 0.1) is 13.8 Å². The maximum atomic E-state index is 12.5. The number of hydrogen-bond donors (Lipinski definition) is 1. The van der Waals surface area contributed by atoms with E-state index in [2.05, 4.69) is 11.4 Å². The number of nitrogens with one attached hydrogen (secondary N) is 1. The molecule has 0 saturated carbocycles. The summed E-state index contributed by atoms with van der Waals surface area (Å²) in [4.78, 5) is 24.7. The molecule has 1 aromatic heterocycles. The molecule has 3 rings (SSSR count). The molecule has 1 amide bonds. The van der Waals surface area contributed by atoms with Gasteiger partial charge in [-0.1, -0.05) is 24.3 Å². The maximum absolute atomic E-state index is 12.5. The van der Waals surface area contributed by atoms with E-state index < -0.39 is 12.1 Å². The molecule has 25 heavy (non-hydrogen) atoms. The van der Waals surface area contributed by atoms with Crippen molar-refractivity contribution < 1.29 is 18.7 Å². The van der Waals surface area contributed by atoms with E-state index in [-0.39, 0.29) is 11.9 Å². The van der Waals surface area contributed by atoms with Crippen molar-refractivity contribution in [3.63, 3.8) is 0 Å². The van der Waals surface area contributed by atoms with Gasteiger partial charge in [-0.05, 0) is 57.2 Å². The fraction of sp³-hybridized carbons (Fsp3) is 0.400. The Labute approximate surface area is 147 Å². The first kappa shape index (κ1) is 17.3. The van der Waals surface area contributed by atoms with E-state index in [1.165, 1.54) is 5.56 Å². The second-order valence-corrected chi connectivity index (χ2v) is 6.53. The summed E-state index contributed by atoms with van der Waals surface area (Å²) in [5.74, 6) is 0.311. The van der Waals surface area contributed by atoms with Gasteiger partial charge in [0.15, 0.2) is 6.10 Å². The zero-order chi connectivity index (χ0) is 18.0. The summed E-state index contributed by atoms with van der Waals surface area (Å²) in [5, 5.41) is 3.01. The number of amides is 1. The van der Waals surface area contributed by atoms with Crippen molar-refractivity contribution in [2.45, 2.75) is 52.2 Å². The van der Waals surface area contributed by atoms with Gasteiger partial charge in [0, 0.05) is 0 Å². The van der Waals surface area contributed by atoms with Gasteiger partial charge in [-0.2, -0.15) is 0 Å². The predicted molar refractivity (Wildman–Crippen MR) is 93.3 cm³/mol. The SMILES string of the molecule is Cc1cc(C(=O)O[C@@H](C)C(=O)N[C@@H]2CCCc3ccccc32)c(C)o1. The molecule has 0 fully saturated rings. The number of benzene rings is 1. The minimum absolute atomic E-state index is 0.0310. The van der Waals surface area contributed by atoms with Crippen LogP contribution >= 0.6 is 0 Å². The van der Waals surface area contributed by atoms with E-state index >= 15 is 0 Å². The predicted octanol–water partition coefficient (Wildman–Crippen LogP) is 3.64. The number of furan rings is 1. The quantitative estimate of drug-likeness (QED) is 0.862. The van der Waals surface area contributed by atoms with Crippen LogP contribution in [0.1, 0.15) is 58.8 Å². The van der Waals surface area contributed by atoms with Gasteiger partial charge >= 0.3 is 5.97 Å². The Morgan fingerprint density at radius 2 is 2.04 bits per heavy atom. The van der Waals surface area contributed by atoms with Crippen molar-refractivity contribution in [3.8, 4) is 0 Å². The van der Waals surface area contributed by atoms with Gasteiger partial charge in [-0.25, -0.2) is 4.79 Å². The number of ether oxygens (including phenoxy) is 1. The van der Waals surface area contributed by atoms with Gasteiger partial charge in [0.25, 0.3) is 5.91 Å². The summed E-state index contributed by atoms with van der Waals surface area (Å²) in [5.41, 5.74) is 2.79. The molecule has 1 aliphatic rings. The molecule has 1 aromatic carbocycles. The Morgan fingerprint density at radius 3 is 2.76 bits per heavy atom. The molecule has 2 aromatic rings. The molecule has 0 bridgehead atoms. The lowest BCUT2D eigenvalue weighted by Crippen LogP contribution is -2.39. The van der Waals surface area contributed by atoms with Crippen molar-refractivity contribution in [1.29, 1.82) is 0 Å². The second kappa shape index (κ2) is 7.13. The monoisotopic (exact) mass is 341 g/mol. The average Bonchev–Trinajstić information content (AvgIpc) is 2.93. The van der Waals surface area contributed by atoms with Crippen LogP contribution in [0.15, 0.2) is 34.7 Å². The lowest BCUT2D eigenvalue weighted by Gasteiger charge is -2.27. The van der Waals surface area contributed by atoms with Crippen molar-refractivity contribution in [3.05, 3.63) is 58.5 Å². The van der Waals surface area contributed by atoms with Gasteiger partial charge in [0.2, 0.25) is 0 Å². The highest BCUT2D eigenvalue weighted by Crippen LogP contribution is 2.29. The van der Waals surface area contributed by atoms with Crippen LogP contribution in [0.5, 0.6) is 0 Å². The van der Waals surface area contributed by atoms with Crippen LogP contribution in [0.2, 0.25) is 0 Å². The standard InChI is InChI=1S/C20H23NO4/c1-12-11-17(13(2)24-12)20(23)25-14(3)19(22)21-18-10-6-8-15-7-4-5-9-16(15)18/h4-5,7,9,11,14,18H,6,8,10H2,1-3H3,(H,21,22)/t14-,18+/m0/s1.